The Labute approximate surface area is 227 Å². The van der Waals surface area contributed by atoms with Crippen molar-refractivity contribution in [2.24, 2.45) is 0 Å². The van der Waals surface area contributed by atoms with E-state index in [4.69, 9.17) is 4.74 Å². The van der Waals surface area contributed by atoms with Gasteiger partial charge in [-0.3, -0.25) is 19.6 Å². The van der Waals surface area contributed by atoms with E-state index in [9.17, 15) is 9.59 Å². The van der Waals surface area contributed by atoms with E-state index < -0.39 is 5.60 Å². The lowest BCUT2D eigenvalue weighted by molar-refractivity contribution is -0.0383. The Kier molecular flexibility index (Phi) is 8.03. The third-order valence-electron chi connectivity index (χ3n) is 9.01. The van der Waals surface area contributed by atoms with E-state index in [1.807, 2.05) is 60.0 Å². The van der Waals surface area contributed by atoms with Crippen LogP contribution in [0, 0.1) is 13.8 Å². The molecule has 1 aromatic heterocycles. The predicted molar refractivity (Wildman–Crippen MR) is 148 cm³/mol. The van der Waals surface area contributed by atoms with Gasteiger partial charge in [-0.25, -0.2) is 4.79 Å². The number of hydrogen-bond acceptors (Lipinski definition) is 5. The zero-order valence-corrected chi connectivity index (χ0v) is 23.2. The van der Waals surface area contributed by atoms with Crippen molar-refractivity contribution in [1.82, 2.24) is 19.7 Å². The molecule has 1 unspecified atom stereocenters. The molecule has 0 saturated carbocycles. The average molecular weight is 519 g/mol. The second-order valence-corrected chi connectivity index (χ2v) is 11.4. The van der Waals surface area contributed by atoms with Crippen LogP contribution in [-0.2, 0) is 11.3 Å². The van der Waals surface area contributed by atoms with Crippen molar-refractivity contribution in [3.63, 3.8) is 0 Å². The van der Waals surface area contributed by atoms with Crippen molar-refractivity contribution in [2.75, 3.05) is 26.2 Å². The van der Waals surface area contributed by atoms with Crippen LogP contribution < -0.4 is 0 Å². The first kappa shape index (κ1) is 26.7. The number of carbonyl (C=O) groups excluding carboxylic acids is 2. The van der Waals surface area contributed by atoms with Crippen LogP contribution in [0.1, 0.15) is 79.0 Å². The van der Waals surface area contributed by atoms with Crippen LogP contribution >= 0.6 is 0 Å². The van der Waals surface area contributed by atoms with Crippen LogP contribution in [0.25, 0.3) is 0 Å². The molecule has 0 aliphatic carbocycles. The van der Waals surface area contributed by atoms with Crippen LogP contribution in [-0.4, -0.2) is 75.5 Å². The van der Waals surface area contributed by atoms with Crippen LogP contribution in [0.4, 0.5) is 4.79 Å². The normalized spacial score (nSPS) is 22.2. The average Bonchev–Trinajstić information content (AvgIpc) is 3.17. The highest BCUT2D eigenvalue weighted by Gasteiger charge is 2.54. The van der Waals surface area contributed by atoms with Crippen LogP contribution in [0.15, 0.2) is 42.6 Å². The SMILES string of the molecule is CCCCC1N(Cc2ccccn2)C(=O)OC12CCN(C1CCN(C(=O)c3c(C)cccc3C)CC1)CC2. The molecule has 1 atom stereocenters. The summed E-state index contributed by atoms with van der Waals surface area (Å²) in [5, 5.41) is 0. The second kappa shape index (κ2) is 11.4. The molecule has 5 rings (SSSR count). The Morgan fingerprint density at radius 1 is 1.03 bits per heavy atom. The lowest BCUT2D eigenvalue weighted by atomic mass is 9.81. The number of hydrogen-bond donors (Lipinski definition) is 0. The number of ether oxygens (including phenoxy) is 1. The number of aromatic nitrogens is 1. The van der Waals surface area contributed by atoms with Crippen molar-refractivity contribution in [3.8, 4) is 0 Å². The molecule has 2 aromatic rings. The maximum atomic E-state index is 13.3. The Morgan fingerprint density at radius 2 is 1.74 bits per heavy atom. The van der Waals surface area contributed by atoms with Gasteiger partial charge in [-0.2, -0.15) is 0 Å². The molecule has 7 heteroatoms. The number of benzene rings is 1. The number of rotatable bonds is 7. The molecule has 4 heterocycles. The first-order valence-electron chi connectivity index (χ1n) is 14.4. The van der Waals surface area contributed by atoms with Crippen molar-refractivity contribution >= 4 is 12.0 Å². The maximum Gasteiger partial charge on any atom is 0.411 e. The van der Waals surface area contributed by atoms with Gasteiger partial charge in [0.05, 0.1) is 18.3 Å². The Morgan fingerprint density at radius 3 is 2.37 bits per heavy atom. The molecular formula is C31H42N4O3. The van der Waals surface area contributed by atoms with Crippen molar-refractivity contribution < 1.29 is 14.3 Å². The molecule has 3 fully saturated rings. The minimum Gasteiger partial charge on any atom is -0.440 e. The molecule has 1 aromatic carbocycles. The Bertz CT molecular complexity index is 1100. The topological polar surface area (TPSA) is 66.0 Å². The summed E-state index contributed by atoms with van der Waals surface area (Å²) in [5.74, 6) is 0.168. The zero-order valence-electron chi connectivity index (χ0n) is 23.2. The molecule has 1 spiro atoms. The number of carbonyl (C=O) groups is 2. The highest BCUT2D eigenvalue weighted by Crippen LogP contribution is 2.42. The van der Waals surface area contributed by atoms with Crippen LogP contribution in [0.3, 0.4) is 0 Å². The summed E-state index contributed by atoms with van der Waals surface area (Å²) in [6, 6.07) is 12.5. The van der Waals surface area contributed by atoms with E-state index in [1.54, 1.807) is 6.20 Å². The van der Waals surface area contributed by atoms with Gasteiger partial charge in [0.2, 0.25) is 0 Å². The number of aryl methyl sites for hydroxylation is 2. The van der Waals surface area contributed by atoms with Gasteiger partial charge in [-0.15, -0.1) is 0 Å². The second-order valence-electron chi connectivity index (χ2n) is 11.4. The monoisotopic (exact) mass is 518 g/mol. The van der Waals surface area contributed by atoms with Crippen LogP contribution in [0.2, 0.25) is 0 Å². The van der Waals surface area contributed by atoms with E-state index in [2.05, 4.69) is 16.8 Å². The summed E-state index contributed by atoms with van der Waals surface area (Å²) in [6.45, 7) is 10.2. The van der Waals surface area contributed by atoms with Gasteiger partial charge >= 0.3 is 6.09 Å². The lowest BCUT2D eigenvalue weighted by Crippen LogP contribution is -2.56. The smallest absolute Gasteiger partial charge is 0.411 e. The van der Waals surface area contributed by atoms with Crippen molar-refractivity contribution in [2.45, 2.75) is 89.9 Å². The van der Waals surface area contributed by atoms with Gasteiger partial charge in [0, 0.05) is 56.8 Å². The third kappa shape index (κ3) is 5.31. The molecule has 3 aliphatic rings. The third-order valence-corrected chi connectivity index (χ3v) is 9.01. The van der Waals surface area contributed by atoms with E-state index >= 15 is 0 Å². The fraction of sp³-hybridized carbons (Fsp3) is 0.581. The van der Waals surface area contributed by atoms with Gasteiger partial charge in [-0.05, 0) is 56.4 Å². The maximum absolute atomic E-state index is 13.3. The number of nitrogens with zero attached hydrogens (tertiary/aromatic N) is 4. The van der Waals surface area contributed by atoms with Gasteiger partial charge in [0.25, 0.3) is 5.91 Å². The summed E-state index contributed by atoms with van der Waals surface area (Å²) in [7, 11) is 0. The van der Waals surface area contributed by atoms with Crippen molar-refractivity contribution in [3.05, 3.63) is 65.0 Å². The molecule has 38 heavy (non-hydrogen) atoms. The predicted octanol–water partition coefficient (Wildman–Crippen LogP) is 5.35. The minimum atomic E-state index is -0.406. The number of unbranched alkanes of at least 4 members (excludes halogenated alkanes) is 1. The first-order valence-corrected chi connectivity index (χ1v) is 14.4. The van der Waals surface area contributed by atoms with Gasteiger partial charge < -0.3 is 9.64 Å². The summed E-state index contributed by atoms with van der Waals surface area (Å²) in [5.41, 5.74) is 3.47. The minimum absolute atomic E-state index is 0.0935. The van der Waals surface area contributed by atoms with Gasteiger partial charge in [0.15, 0.2) is 0 Å². The largest absolute Gasteiger partial charge is 0.440 e. The Balaban J connectivity index is 1.20. The molecular weight excluding hydrogens is 476 g/mol. The zero-order chi connectivity index (χ0) is 26.7. The van der Waals surface area contributed by atoms with Gasteiger partial charge in [-0.1, -0.05) is 44.0 Å². The number of pyridine rings is 1. The van der Waals surface area contributed by atoms with Crippen molar-refractivity contribution in [1.29, 1.82) is 0 Å². The van der Waals surface area contributed by atoms with E-state index in [-0.39, 0.29) is 18.0 Å². The molecule has 0 bridgehead atoms. The molecule has 3 saturated heterocycles. The fourth-order valence-corrected chi connectivity index (χ4v) is 6.82. The van der Waals surface area contributed by atoms with E-state index in [1.165, 1.54) is 0 Å². The summed E-state index contributed by atoms with van der Waals surface area (Å²) in [4.78, 5) is 37.4. The molecule has 204 valence electrons. The molecule has 0 radical (unpaired) electrons. The fourth-order valence-electron chi connectivity index (χ4n) is 6.82. The molecule has 0 N–H and O–H groups in total. The first-order chi connectivity index (χ1) is 18.4. The molecule has 3 aliphatic heterocycles. The highest BCUT2D eigenvalue weighted by atomic mass is 16.6. The number of likely N-dealkylation sites (tertiary alicyclic amines) is 2. The molecule has 7 nitrogen and oxygen atoms in total. The van der Waals surface area contributed by atoms with Gasteiger partial charge in [0.1, 0.15) is 5.60 Å². The highest BCUT2D eigenvalue weighted by molar-refractivity contribution is 5.97. The van der Waals surface area contributed by atoms with Crippen LogP contribution in [0.5, 0.6) is 0 Å². The van der Waals surface area contributed by atoms with E-state index in [0.717, 1.165) is 93.5 Å². The number of piperidine rings is 2. The quantitative estimate of drug-likeness (QED) is 0.494. The summed E-state index contributed by atoms with van der Waals surface area (Å²) >= 11 is 0. The summed E-state index contributed by atoms with van der Waals surface area (Å²) in [6.07, 6.45) is 8.47. The number of amides is 2. The lowest BCUT2D eigenvalue weighted by Gasteiger charge is -2.46. The summed E-state index contributed by atoms with van der Waals surface area (Å²) < 4.78 is 6.22. The Hall–Kier alpha value is -2.93. The molecule has 2 amide bonds. The standard InChI is InChI=1S/C31H42N4O3/c1-4-5-12-27-31(38-30(37)35(27)22-25-11-6-7-17-32-25)15-20-33(21-16-31)26-13-18-34(19-14-26)29(36)28-23(2)9-8-10-24(28)3/h6-11,17,26-27H,4-5,12-16,18-22H2,1-3H3. The van der Waals surface area contributed by atoms with E-state index in [0.29, 0.717) is 12.6 Å².